The topological polar surface area (TPSA) is 107 Å². The van der Waals surface area contributed by atoms with Crippen LogP contribution in [0, 0.1) is 16.7 Å². The fraction of sp³-hybridized carbons (Fsp3) is 0.818. The van der Waals surface area contributed by atoms with Gasteiger partial charge >= 0.3 is 5.97 Å². The van der Waals surface area contributed by atoms with E-state index in [9.17, 15) is 18.3 Å². The molecule has 0 aliphatic carbocycles. The van der Waals surface area contributed by atoms with Crippen LogP contribution in [0.15, 0.2) is 0 Å². The van der Waals surface area contributed by atoms with E-state index in [0.717, 1.165) is 0 Å². The average Bonchev–Trinajstić information content (AvgIpc) is 2.31. The van der Waals surface area contributed by atoms with Gasteiger partial charge in [0.15, 0.2) is 5.25 Å². The van der Waals surface area contributed by atoms with E-state index in [2.05, 4.69) is 4.72 Å². The largest absolute Gasteiger partial charge is 0.481 e. The minimum Gasteiger partial charge on any atom is -0.481 e. The second-order valence-corrected chi connectivity index (χ2v) is 6.13. The van der Waals surface area contributed by atoms with E-state index in [4.69, 9.17) is 5.26 Å². The zero-order valence-electron chi connectivity index (χ0n) is 10.9. The van der Waals surface area contributed by atoms with Crippen LogP contribution in [0.3, 0.4) is 0 Å². The van der Waals surface area contributed by atoms with Gasteiger partial charge in [0.25, 0.3) is 0 Å². The van der Waals surface area contributed by atoms with Crippen LogP contribution in [0.1, 0.15) is 40.0 Å². The van der Waals surface area contributed by atoms with Crippen molar-refractivity contribution in [1.82, 2.24) is 4.72 Å². The van der Waals surface area contributed by atoms with Gasteiger partial charge in [-0.25, -0.2) is 13.1 Å². The lowest BCUT2D eigenvalue weighted by molar-refractivity contribution is -0.149. The van der Waals surface area contributed by atoms with Crippen molar-refractivity contribution in [3.05, 3.63) is 0 Å². The van der Waals surface area contributed by atoms with Gasteiger partial charge < -0.3 is 5.11 Å². The molecule has 6 nitrogen and oxygen atoms in total. The molecule has 0 aromatic rings. The highest BCUT2D eigenvalue weighted by Gasteiger charge is 2.37. The van der Waals surface area contributed by atoms with Crippen molar-refractivity contribution in [1.29, 1.82) is 5.26 Å². The van der Waals surface area contributed by atoms with E-state index in [0.29, 0.717) is 12.8 Å². The van der Waals surface area contributed by atoms with E-state index in [-0.39, 0.29) is 13.0 Å². The normalized spacial score (nSPS) is 13.9. The number of rotatable bonds is 8. The number of hydrogen-bond acceptors (Lipinski definition) is 4. The van der Waals surface area contributed by atoms with Crippen LogP contribution >= 0.6 is 0 Å². The molecule has 0 saturated heterocycles. The van der Waals surface area contributed by atoms with E-state index >= 15 is 0 Å². The predicted molar refractivity (Wildman–Crippen MR) is 67.3 cm³/mol. The summed E-state index contributed by atoms with van der Waals surface area (Å²) in [6.07, 6.45) is 0.819. The third kappa shape index (κ3) is 3.68. The molecule has 104 valence electrons. The molecular weight excluding hydrogens is 256 g/mol. The minimum absolute atomic E-state index is 0.171. The maximum atomic E-state index is 11.8. The SMILES string of the molecule is CCC(C#N)S(=O)(=O)NCC(CC)(CC)C(=O)O. The van der Waals surface area contributed by atoms with Gasteiger partial charge in [-0.2, -0.15) is 5.26 Å². The van der Waals surface area contributed by atoms with Gasteiger partial charge in [-0.3, -0.25) is 4.79 Å². The van der Waals surface area contributed by atoms with Crippen LogP contribution in [0.4, 0.5) is 0 Å². The van der Waals surface area contributed by atoms with Crippen molar-refractivity contribution in [2.45, 2.75) is 45.3 Å². The molecule has 0 radical (unpaired) electrons. The Kier molecular flexibility index (Phi) is 6.29. The summed E-state index contributed by atoms with van der Waals surface area (Å²) < 4.78 is 25.8. The molecule has 0 aromatic carbocycles. The molecule has 0 aliphatic rings. The first kappa shape index (κ1) is 16.9. The molecule has 0 saturated carbocycles. The van der Waals surface area contributed by atoms with Crippen LogP contribution in [-0.4, -0.2) is 31.3 Å². The molecule has 0 heterocycles. The van der Waals surface area contributed by atoms with Gasteiger partial charge in [0.2, 0.25) is 10.0 Å². The van der Waals surface area contributed by atoms with Crippen molar-refractivity contribution in [2.24, 2.45) is 5.41 Å². The highest BCUT2D eigenvalue weighted by molar-refractivity contribution is 7.90. The van der Waals surface area contributed by atoms with Crippen LogP contribution in [0.25, 0.3) is 0 Å². The number of carbonyl (C=O) groups is 1. The predicted octanol–water partition coefficient (Wildman–Crippen LogP) is 1.10. The van der Waals surface area contributed by atoms with E-state index in [1.54, 1.807) is 26.8 Å². The number of aliphatic carboxylic acids is 1. The Morgan fingerprint density at radius 1 is 1.39 bits per heavy atom. The Bertz CT molecular complexity index is 421. The number of carboxylic acids is 1. The van der Waals surface area contributed by atoms with E-state index < -0.39 is 26.7 Å². The monoisotopic (exact) mass is 276 g/mol. The number of hydrogen-bond donors (Lipinski definition) is 2. The highest BCUT2D eigenvalue weighted by Crippen LogP contribution is 2.26. The van der Waals surface area contributed by atoms with Gasteiger partial charge in [0, 0.05) is 6.54 Å². The summed E-state index contributed by atoms with van der Waals surface area (Å²) >= 11 is 0. The minimum atomic E-state index is -3.78. The van der Waals surface area contributed by atoms with Crippen LogP contribution < -0.4 is 4.72 Å². The first-order valence-electron chi connectivity index (χ1n) is 5.91. The molecule has 0 aromatic heterocycles. The van der Waals surface area contributed by atoms with Gasteiger partial charge in [-0.15, -0.1) is 0 Å². The number of nitrogens with zero attached hydrogens (tertiary/aromatic N) is 1. The summed E-state index contributed by atoms with van der Waals surface area (Å²) in [4.78, 5) is 11.2. The number of nitriles is 1. The Labute approximate surface area is 108 Å². The molecule has 7 heteroatoms. The first-order chi connectivity index (χ1) is 8.29. The maximum absolute atomic E-state index is 11.8. The van der Waals surface area contributed by atoms with Crippen molar-refractivity contribution in [3.63, 3.8) is 0 Å². The molecule has 1 unspecified atom stereocenters. The van der Waals surface area contributed by atoms with Gasteiger partial charge in [0.1, 0.15) is 0 Å². The third-order valence-electron chi connectivity index (χ3n) is 3.31. The molecule has 0 rings (SSSR count). The highest BCUT2D eigenvalue weighted by atomic mass is 32.2. The smallest absolute Gasteiger partial charge is 0.310 e. The second kappa shape index (κ2) is 6.71. The van der Waals surface area contributed by atoms with Crippen LogP contribution in [0.2, 0.25) is 0 Å². The number of carboxylic acid groups (broad SMARTS) is 1. The maximum Gasteiger partial charge on any atom is 0.310 e. The summed E-state index contributed by atoms with van der Waals surface area (Å²) in [6, 6.07) is 1.70. The molecule has 0 bridgehead atoms. The third-order valence-corrected chi connectivity index (χ3v) is 5.04. The summed E-state index contributed by atoms with van der Waals surface area (Å²) in [5.41, 5.74) is -1.11. The molecule has 2 N–H and O–H groups in total. The molecule has 18 heavy (non-hydrogen) atoms. The molecular formula is C11H20N2O4S. The van der Waals surface area contributed by atoms with Gasteiger partial charge in [-0.1, -0.05) is 20.8 Å². The lowest BCUT2D eigenvalue weighted by Crippen LogP contribution is -2.44. The fourth-order valence-electron chi connectivity index (χ4n) is 1.60. The standard InChI is InChI=1S/C11H20N2O4S/c1-4-9(7-12)18(16,17)13-8-11(5-2,6-3)10(14)15/h9,13H,4-6,8H2,1-3H3,(H,14,15). The molecule has 0 spiro atoms. The summed E-state index contributed by atoms with van der Waals surface area (Å²) in [7, 11) is -3.78. The Balaban J connectivity index is 4.95. The zero-order chi connectivity index (χ0) is 14.4. The number of sulfonamides is 1. The molecule has 0 amide bonds. The summed E-state index contributed by atoms with van der Waals surface area (Å²) in [6.45, 7) is 4.81. The van der Waals surface area contributed by atoms with Crippen molar-refractivity contribution >= 4 is 16.0 Å². The summed E-state index contributed by atoms with van der Waals surface area (Å²) in [5.74, 6) is -1.03. The molecule has 0 fully saturated rings. The van der Waals surface area contributed by atoms with Crippen molar-refractivity contribution < 1.29 is 18.3 Å². The Morgan fingerprint density at radius 2 is 1.89 bits per heavy atom. The van der Waals surface area contributed by atoms with Gasteiger partial charge in [-0.05, 0) is 19.3 Å². The van der Waals surface area contributed by atoms with E-state index in [1.807, 2.05) is 0 Å². The lowest BCUT2D eigenvalue weighted by atomic mass is 9.83. The molecule has 0 aliphatic heterocycles. The quantitative estimate of drug-likeness (QED) is 0.690. The second-order valence-electron chi connectivity index (χ2n) is 4.18. The zero-order valence-corrected chi connectivity index (χ0v) is 11.7. The van der Waals surface area contributed by atoms with Gasteiger partial charge in [0.05, 0.1) is 11.5 Å². The Hall–Kier alpha value is -1.13. The molecule has 1 atom stereocenters. The summed E-state index contributed by atoms with van der Waals surface area (Å²) in [5, 5.41) is 16.8. The van der Waals surface area contributed by atoms with E-state index in [1.165, 1.54) is 0 Å². The van der Waals surface area contributed by atoms with Crippen molar-refractivity contribution in [2.75, 3.05) is 6.54 Å². The van der Waals surface area contributed by atoms with Crippen molar-refractivity contribution in [3.8, 4) is 6.07 Å². The lowest BCUT2D eigenvalue weighted by Gasteiger charge is -2.27. The van der Waals surface area contributed by atoms with Crippen LogP contribution in [-0.2, 0) is 14.8 Å². The fourth-order valence-corrected chi connectivity index (χ4v) is 2.85. The first-order valence-corrected chi connectivity index (χ1v) is 7.45. The van der Waals surface area contributed by atoms with Crippen LogP contribution in [0.5, 0.6) is 0 Å². The number of nitrogens with one attached hydrogen (secondary N) is 1. The Morgan fingerprint density at radius 3 is 2.17 bits per heavy atom. The average molecular weight is 276 g/mol.